The molecule has 0 aromatic carbocycles. The number of ether oxygens (including phenoxy) is 2. The van der Waals surface area contributed by atoms with Crippen molar-refractivity contribution in [3.05, 3.63) is 16.6 Å². The van der Waals surface area contributed by atoms with Gasteiger partial charge in [0.15, 0.2) is 0 Å². The van der Waals surface area contributed by atoms with Crippen LogP contribution in [0.5, 0.6) is 0 Å². The van der Waals surface area contributed by atoms with Gasteiger partial charge in [-0.3, -0.25) is 4.90 Å². The highest BCUT2D eigenvalue weighted by Gasteiger charge is 2.43. The molecule has 1 aromatic rings. The van der Waals surface area contributed by atoms with Gasteiger partial charge in [0.2, 0.25) is 0 Å². The van der Waals surface area contributed by atoms with E-state index in [0.717, 1.165) is 52.4 Å². The van der Waals surface area contributed by atoms with Gasteiger partial charge in [0.05, 0.1) is 26.4 Å². The van der Waals surface area contributed by atoms with Crippen LogP contribution < -0.4 is 0 Å². The first-order valence-corrected chi connectivity index (χ1v) is 8.50. The molecule has 0 aliphatic carbocycles. The maximum Gasteiger partial charge on any atom is 0.107 e. The number of aromatic nitrogens is 1. The SMILES string of the molecule is CN(C)CC1COC2(COCCN(Cc3nccs3)C2)C1. The van der Waals surface area contributed by atoms with Crippen LogP contribution >= 0.6 is 11.3 Å². The fourth-order valence-electron chi connectivity index (χ4n) is 3.42. The number of hydrogen-bond acceptors (Lipinski definition) is 6. The molecule has 2 aliphatic heterocycles. The molecule has 3 heterocycles. The smallest absolute Gasteiger partial charge is 0.107 e. The standard InChI is InChI=1S/C15H25N3O2S/c1-17(2)8-13-7-15(20-10-13)11-18(4-5-19-12-15)9-14-16-3-6-21-14/h3,6,13H,4-5,7-12H2,1-2H3. The molecule has 1 aromatic heterocycles. The van der Waals surface area contributed by atoms with Crippen LogP contribution in [-0.4, -0.2) is 73.9 Å². The molecule has 1 spiro atoms. The maximum atomic E-state index is 6.21. The molecule has 0 saturated carbocycles. The van der Waals surface area contributed by atoms with Crippen LogP contribution in [0.3, 0.4) is 0 Å². The van der Waals surface area contributed by atoms with Gasteiger partial charge in [-0.05, 0) is 26.4 Å². The zero-order chi connectivity index (χ0) is 14.7. The Hall–Kier alpha value is -0.530. The van der Waals surface area contributed by atoms with Gasteiger partial charge in [-0.2, -0.15) is 0 Å². The van der Waals surface area contributed by atoms with Gasteiger partial charge in [-0.25, -0.2) is 4.98 Å². The molecule has 2 unspecified atom stereocenters. The maximum absolute atomic E-state index is 6.21. The van der Waals surface area contributed by atoms with Crippen LogP contribution in [0.2, 0.25) is 0 Å². The number of nitrogens with zero attached hydrogens (tertiary/aromatic N) is 3. The third-order valence-corrected chi connectivity index (χ3v) is 4.94. The lowest BCUT2D eigenvalue weighted by Gasteiger charge is -2.30. The normalized spacial score (nSPS) is 31.1. The monoisotopic (exact) mass is 311 g/mol. The van der Waals surface area contributed by atoms with Crippen LogP contribution in [-0.2, 0) is 16.0 Å². The Morgan fingerprint density at radius 1 is 1.52 bits per heavy atom. The van der Waals surface area contributed by atoms with Crippen molar-refractivity contribution in [3.63, 3.8) is 0 Å². The van der Waals surface area contributed by atoms with E-state index in [1.54, 1.807) is 11.3 Å². The molecule has 2 aliphatic rings. The Balaban J connectivity index is 1.62. The Bertz CT molecular complexity index is 440. The van der Waals surface area contributed by atoms with Crippen molar-refractivity contribution < 1.29 is 9.47 Å². The lowest BCUT2D eigenvalue weighted by atomic mass is 9.94. The van der Waals surface area contributed by atoms with Crippen molar-refractivity contribution in [2.24, 2.45) is 5.92 Å². The topological polar surface area (TPSA) is 37.8 Å². The highest BCUT2D eigenvalue weighted by Crippen LogP contribution is 2.33. The Morgan fingerprint density at radius 3 is 3.19 bits per heavy atom. The van der Waals surface area contributed by atoms with Crippen LogP contribution in [0.25, 0.3) is 0 Å². The summed E-state index contributed by atoms with van der Waals surface area (Å²) in [7, 11) is 4.26. The van der Waals surface area contributed by atoms with E-state index in [-0.39, 0.29) is 5.60 Å². The third kappa shape index (κ3) is 4.02. The molecular formula is C15H25N3O2S. The summed E-state index contributed by atoms with van der Waals surface area (Å²) >= 11 is 1.72. The van der Waals surface area contributed by atoms with Gasteiger partial charge < -0.3 is 14.4 Å². The summed E-state index contributed by atoms with van der Waals surface area (Å²) in [5.74, 6) is 0.614. The lowest BCUT2D eigenvalue weighted by molar-refractivity contribution is -0.0563. The predicted molar refractivity (Wildman–Crippen MR) is 83.6 cm³/mol. The number of hydrogen-bond donors (Lipinski definition) is 0. The first kappa shape index (κ1) is 15.4. The Kier molecular flexibility index (Phi) is 4.91. The number of thiazole rings is 1. The van der Waals surface area contributed by atoms with Crippen LogP contribution in [0.15, 0.2) is 11.6 Å². The largest absolute Gasteiger partial charge is 0.377 e. The molecule has 2 saturated heterocycles. The lowest BCUT2D eigenvalue weighted by Crippen LogP contribution is -2.44. The summed E-state index contributed by atoms with van der Waals surface area (Å²) in [5, 5.41) is 3.22. The summed E-state index contributed by atoms with van der Waals surface area (Å²) in [6.45, 7) is 6.28. The van der Waals surface area contributed by atoms with E-state index in [2.05, 4.69) is 28.9 Å². The molecule has 2 fully saturated rings. The van der Waals surface area contributed by atoms with E-state index >= 15 is 0 Å². The van der Waals surface area contributed by atoms with Gasteiger partial charge in [0.25, 0.3) is 0 Å². The van der Waals surface area contributed by atoms with Gasteiger partial charge >= 0.3 is 0 Å². The predicted octanol–water partition coefficient (Wildman–Crippen LogP) is 1.31. The minimum absolute atomic E-state index is 0.117. The fourth-order valence-corrected chi connectivity index (χ4v) is 4.08. The molecule has 2 atom stereocenters. The van der Waals surface area contributed by atoms with E-state index in [9.17, 15) is 0 Å². The molecule has 0 radical (unpaired) electrons. The van der Waals surface area contributed by atoms with E-state index in [0.29, 0.717) is 5.92 Å². The highest BCUT2D eigenvalue weighted by molar-refractivity contribution is 7.09. The molecule has 0 N–H and O–H groups in total. The van der Waals surface area contributed by atoms with Gasteiger partial charge in [0, 0.05) is 31.2 Å². The molecule has 3 rings (SSSR count). The first-order chi connectivity index (χ1) is 10.2. The second-order valence-electron chi connectivity index (χ2n) is 6.52. The minimum atomic E-state index is -0.117. The van der Waals surface area contributed by atoms with Gasteiger partial charge in [-0.15, -0.1) is 11.3 Å². The Morgan fingerprint density at radius 2 is 2.43 bits per heavy atom. The summed E-state index contributed by atoms with van der Waals surface area (Å²) in [4.78, 5) is 9.08. The number of rotatable bonds is 4. The molecule has 21 heavy (non-hydrogen) atoms. The minimum Gasteiger partial charge on any atom is -0.377 e. The van der Waals surface area contributed by atoms with Crippen molar-refractivity contribution in [1.29, 1.82) is 0 Å². The first-order valence-electron chi connectivity index (χ1n) is 7.62. The quantitative estimate of drug-likeness (QED) is 0.838. The molecule has 6 heteroatoms. The van der Waals surface area contributed by atoms with Crippen molar-refractivity contribution in [3.8, 4) is 0 Å². The molecular weight excluding hydrogens is 286 g/mol. The van der Waals surface area contributed by atoms with E-state index in [1.807, 2.05) is 11.6 Å². The summed E-state index contributed by atoms with van der Waals surface area (Å²) in [6, 6.07) is 0. The van der Waals surface area contributed by atoms with Gasteiger partial charge in [0.1, 0.15) is 10.6 Å². The van der Waals surface area contributed by atoms with Crippen molar-refractivity contribution in [1.82, 2.24) is 14.8 Å². The average Bonchev–Trinajstić information content (AvgIpc) is 3.00. The summed E-state index contributed by atoms with van der Waals surface area (Å²) in [5.41, 5.74) is -0.117. The van der Waals surface area contributed by atoms with Gasteiger partial charge in [-0.1, -0.05) is 0 Å². The van der Waals surface area contributed by atoms with Crippen LogP contribution in [0.1, 0.15) is 11.4 Å². The molecule has 118 valence electrons. The molecule has 0 amide bonds. The third-order valence-electron chi connectivity index (χ3n) is 4.18. The van der Waals surface area contributed by atoms with E-state index in [4.69, 9.17) is 9.47 Å². The van der Waals surface area contributed by atoms with Crippen molar-refractivity contribution >= 4 is 11.3 Å². The molecule has 0 bridgehead atoms. The van der Waals surface area contributed by atoms with Crippen LogP contribution in [0, 0.1) is 5.92 Å². The molecule has 5 nitrogen and oxygen atoms in total. The highest BCUT2D eigenvalue weighted by atomic mass is 32.1. The summed E-state index contributed by atoms with van der Waals surface area (Å²) in [6.07, 6.45) is 2.98. The average molecular weight is 311 g/mol. The van der Waals surface area contributed by atoms with Crippen molar-refractivity contribution in [2.75, 3.05) is 53.6 Å². The zero-order valence-electron chi connectivity index (χ0n) is 13.0. The van der Waals surface area contributed by atoms with E-state index in [1.165, 1.54) is 5.01 Å². The fraction of sp³-hybridized carbons (Fsp3) is 0.800. The van der Waals surface area contributed by atoms with Crippen molar-refractivity contribution in [2.45, 2.75) is 18.6 Å². The zero-order valence-corrected chi connectivity index (χ0v) is 13.8. The second-order valence-corrected chi connectivity index (χ2v) is 7.49. The Labute approximate surface area is 130 Å². The second kappa shape index (κ2) is 6.71. The summed E-state index contributed by atoms with van der Waals surface area (Å²) < 4.78 is 12.1. The van der Waals surface area contributed by atoms with Crippen LogP contribution in [0.4, 0.5) is 0 Å². The van der Waals surface area contributed by atoms with E-state index < -0.39 is 0 Å².